The topological polar surface area (TPSA) is 56.2 Å². The number of hydrogen-bond donors (Lipinski definition) is 1. The van der Waals surface area contributed by atoms with Crippen molar-refractivity contribution in [3.8, 4) is 0 Å². The molecule has 2 N–H and O–H groups in total. The molecule has 2 heterocycles. The third-order valence-corrected chi connectivity index (χ3v) is 2.39. The Hall–Kier alpha value is -1.34. The van der Waals surface area contributed by atoms with Crippen LogP contribution in [-0.4, -0.2) is 14.6 Å². The summed E-state index contributed by atoms with van der Waals surface area (Å²) in [6, 6.07) is 1.38. The molecule has 0 aliphatic carbocycles. The van der Waals surface area contributed by atoms with Crippen LogP contribution in [0.4, 0.5) is 13.2 Å². The summed E-state index contributed by atoms with van der Waals surface area (Å²) in [6.45, 7) is 0.129. The van der Waals surface area contributed by atoms with Crippen LogP contribution in [0, 0.1) is 0 Å². The van der Waals surface area contributed by atoms with Crippen LogP contribution in [0.25, 0.3) is 5.65 Å². The van der Waals surface area contributed by atoms with Gasteiger partial charge in [-0.2, -0.15) is 13.2 Å². The largest absolute Gasteiger partial charge is 0.452 e. The Bertz CT molecular complexity index is 534. The molecule has 0 aromatic carbocycles. The second kappa shape index (κ2) is 3.60. The molecule has 0 aliphatic rings. The molecule has 0 aliphatic heterocycles. The standard InChI is InChI=1S/C8H6ClF3N4/c9-5-3-16-6(1-4(5)2-13)14-15-7(16)8(10,11)12/h1,3H,2,13H2. The van der Waals surface area contributed by atoms with E-state index in [1.54, 1.807) is 0 Å². The van der Waals surface area contributed by atoms with Crippen LogP contribution in [0.3, 0.4) is 0 Å². The first-order valence-electron chi connectivity index (χ1n) is 4.24. The molecule has 2 aromatic heterocycles. The second-order valence-corrected chi connectivity index (χ2v) is 3.51. The molecule has 4 nitrogen and oxygen atoms in total. The van der Waals surface area contributed by atoms with Gasteiger partial charge < -0.3 is 5.73 Å². The molecule has 0 fully saturated rings. The lowest BCUT2D eigenvalue weighted by Gasteiger charge is -2.05. The minimum atomic E-state index is -4.56. The van der Waals surface area contributed by atoms with Gasteiger partial charge in [-0.25, -0.2) is 0 Å². The summed E-state index contributed by atoms with van der Waals surface area (Å²) in [4.78, 5) is 0. The molecule has 0 bridgehead atoms. The second-order valence-electron chi connectivity index (χ2n) is 3.10. The Balaban J connectivity index is 2.70. The molecule has 0 saturated carbocycles. The highest BCUT2D eigenvalue weighted by Gasteiger charge is 2.37. The average Bonchev–Trinajstić information content (AvgIpc) is 2.58. The number of aromatic nitrogens is 3. The molecule has 8 heteroatoms. The highest BCUT2D eigenvalue weighted by molar-refractivity contribution is 6.31. The summed E-state index contributed by atoms with van der Waals surface area (Å²) in [5.41, 5.74) is 5.96. The Morgan fingerprint density at radius 1 is 1.38 bits per heavy atom. The van der Waals surface area contributed by atoms with Crippen molar-refractivity contribution in [2.75, 3.05) is 0 Å². The first kappa shape index (κ1) is 11.2. The lowest BCUT2D eigenvalue weighted by Crippen LogP contribution is -2.11. The number of hydrogen-bond acceptors (Lipinski definition) is 3. The molecule has 0 atom stereocenters. The summed E-state index contributed by atoms with van der Waals surface area (Å²) >= 11 is 5.76. The number of nitrogens with two attached hydrogens (primary N) is 1. The van der Waals surface area contributed by atoms with Crippen LogP contribution in [0.1, 0.15) is 11.4 Å². The van der Waals surface area contributed by atoms with Gasteiger partial charge in [0.1, 0.15) is 0 Å². The van der Waals surface area contributed by atoms with Crippen LogP contribution < -0.4 is 5.73 Å². The van der Waals surface area contributed by atoms with Gasteiger partial charge in [0.05, 0.1) is 5.02 Å². The van der Waals surface area contributed by atoms with Crippen LogP contribution in [0.5, 0.6) is 0 Å². The first-order chi connectivity index (χ1) is 7.43. The van der Waals surface area contributed by atoms with Crippen molar-refractivity contribution in [3.05, 3.63) is 28.7 Å². The third kappa shape index (κ3) is 1.72. The Morgan fingerprint density at radius 2 is 2.06 bits per heavy atom. The van der Waals surface area contributed by atoms with E-state index in [0.29, 0.717) is 5.56 Å². The summed E-state index contributed by atoms with van der Waals surface area (Å²) < 4.78 is 38.2. The average molecular weight is 251 g/mol. The van der Waals surface area contributed by atoms with Gasteiger partial charge in [0.15, 0.2) is 5.65 Å². The lowest BCUT2D eigenvalue weighted by atomic mass is 10.2. The van der Waals surface area contributed by atoms with E-state index < -0.39 is 12.0 Å². The SMILES string of the molecule is NCc1cc2nnc(C(F)(F)F)n2cc1Cl. The van der Waals surface area contributed by atoms with Crippen LogP contribution in [-0.2, 0) is 12.7 Å². The van der Waals surface area contributed by atoms with Crippen molar-refractivity contribution in [2.24, 2.45) is 5.73 Å². The maximum absolute atomic E-state index is 12.5. The maximum Gasteiger partial charge on any atom is 0.452 e. The van der Waals surface area contributed by atoms with Gasteiger partial charge in [0, 0.05) is 12.7 Å². The Labute approximate surface area is 92.8 Å². The number of alkyl halides is 3. The van der Waals surface area contributed by atoms with E-state index in [-0.39, 0.29) is 17.2 Å². The minimum Gasteiger partial charge on any atom is -0.326 e. The fourth-order valence-electron chi connectivity index (χ4n) is 1.30. The van der Waals surface area contributed by atoms with Gasteiger partial charge in [-0.3, -0.25) is 4.40 Å². The number of rotatable bonds is 1. The molecule has 0 radical (unpaired) electrons. The normalized spacial score (nSPS) is 12.3. The summed E-state index contributed by atoms with van der Waals surface area (Å²) in [6.07, 6.45) is -3.45. The summed E-state index contributed by atoms with van der Waals surface area (Å²) in [5.74, 6) is -1.10. The van der Waals surface area contributed by atoms with Crippen LogP contribution in [0.15, 0.2) is 12.3 Å². The van der Waals surface area contributed by atoms with E-state index in [2.05, 4.69) is 10.2 Å². The third-order valence-electron chi connectivity index (χ3n) is 2.05. The van der Waals surface area contributed by atoms with Crippen LogP contribution >= 0.6 is 11.6 Å². The highest BCUT2D eigenvalue weighted by atomic mass is 35.5. The molecule has 2 aromatic rings. The van der Waals surface area contributed by atoms with Gasteiger partial charge in [0.2, 0.25) is 5.82 Å². The number of fused-ring (bicyclic) bond motifs is 1. The van der Waals surface area contributed by atoms with E-state index >= 15 is 0 Å². The lowest BCUT2D eigenvalue weighted by molar-refractivity contribution is -0.145. The van der Waals surface area contributed by atoms with Crippen molar-refractivity contribution < 1.29 is 13.2 Å². The molecule has 86 valence electrons. The van der Waals surface area contributed by atoms with E-state index in [1.807, 2.05) is 0 Å². The van der Waals surface area contributed by atoms with E-state index in [0.717, 1.165) is 10.6 Å². The van der Waals surface area contributed by atoms with E-state index in [1.165, 1.54) is 6.07 Å². The molecule has 0 unspecified atom stereocenters. The molecule has 0 saturated heterocycles. The van der Waals surface area contributed by atoms with Gasteiger partial charge in [-0.1, -0.05) is 11.6 Å². The quantitative estimate of drug-likeness (QED) is 0.840. The maximum atomic E-state index is 12.5. The van der Waals surface area contributed by atoms with E-state index in [9.17, 15) is 13.2 Å². The van der Waals surface area contributed by atoms with Crippen molar-refractivity contribution in [3.63, 3.8) is 0 Å². The van der Waals surface area contributed by atoms with Gasteiger partial charge >= 0.3 is 6.18 Å². The van der Waals surface area contributed by atoms with Crippen molar-refractivity contribution in [1.29, 1.82) is 0 Å². The van der Waals surface area contributed by atoms with Crippen molar-refractivity contribution in [1.82, 2.24) is 14.6 Å². The minimum absolute atomic E-state index is 0.0668. The summed E-state index contributed by atoms with van der Waals surface area (Å²) in [7, 11) is 0. The predicted molar refractivity (Wildman–Crippen MR) is 50.9 cm³/mol. The Kier molecular flexibility index (Phi) is 2.51. The molecule has 0 amide bonds. The molecule has 2 rings (SSSR count). The van der Waals surface area contributed by atoms with Crippen LogP contribution in [0.2, 0.25) is 5.02 Å². The smallest absolute Gasteiger partial charge is 0.326 e. The molecular weight excluding hydrogens is 245 g/mol. The molecule has 16 heavy (non-hydrogen) atoms. The monoisotopic (exact) mass is 250 g/mol. The van der Waals surface area contributed by atoms with Gasteiger partial charge in [-0.15, -0.1) is 10.2 Å². The predicted octanol–water partition coefficient (Wildman–Crippen LogP) is 1.86. The first-order valence-corrected chi connectivity index (χ1v) is 4.61. The zero-order valence-electron chi connectivity index (χ0n) is 7.79. The van der Waals surface area contributed by atoms with Crippen molar-refractivity contribution >= 4 is 17.2 Å². The van der Waals surface area contributed by atoms with Gasteiger partial charge in [-0.05, 0) is 11.6 Å². The van der Waals surface area contributed by atoms with Gasteiger partial charge in [0.25, 0.3) is 0 Å². The fraction of sp³-hybridized carbons (Fsp3) is 0.250. The zero-order valence-corrected chi connectivity index (χ0v) is 8.55. The van der Waals surface area contributed by atoms with E-state index in [4.69, 9.17) is 17.3 Å². The Morgan fingerprint density at radius 3 is 2.62 bits per heavy atom. The zero-order chi connectivity index (χ0) is 11.9. The number of halogens is 4. The fourth-order valence-corrected chi connectivity index (χ4v) is 1.53. The number of nitrogens with zero attached hydrogens (tertiary/aromatic N) is 3. The molecule has 0 spiro atoms. The highest BCUT2D eigenvalue weighted by Crippen LogP contribution is 2.29. The summed E-state index contributed by atoms with van der Waals surface area (Å²) in [5, 5.41) is 6.64. The molecular formula is C8H6ClF3N4. The number of pyridine rings is 1. The van der Waals surface area contributed by atoms with Crippen molar-refractivity contribution in [2.45, 2.75) is 12.7 Å².